The van der Waals surface area contributed by atoms with E-state index in [2.05, 4.69) is 13.0 Å². The van der Waals surface area contributed by atoms with Gasteiger partial charge in [0.25, 0.3) is 0 Å². The van der Waals surface area contributed by atoms with Crippen molar-refractivity contribution in [3.05, 3.63) is 23.8 Å². The molecule has 0 fully saturated rings. The first kappa shape index (κ1) is 16.3. The van der Waals surface area contributed by atoms with E-state index < -0.39 is 5.54 Å². The third-order valence-electron chi connectivity index (χ3n) is 3.24. The van der Waals surface area contributed by atoms with Crippen molar-refractivity contribution in [2.45, 2.75) is 45.1 Å². The molecule has 1 rings (SSSR count). The Bertz CT molecular complexity index is 464. The summed E-state index contributed by atoms with van der Waals surface area (Å²) in [6, 6.07) is 8.09. The lowest BCUT2D eigenvalue weighted by Crippen LogP contribution is -2.33. The van der Waals surface area contributed by atoms with Crippen LogP contribution in [-0.4, -0.2) is 19.3 Å². The first-order valence-electron chi connectivity index (χ1n) is 7.02. The minimum absolute atomic E-state index is 0.601. The zero-order valence-electron chi connectivity index (χ0n) is 12.6. The maximum Gasteiger partial charge on any atom is 0.161 e. The third-order valence-corrected chi connectivity index (χ3v) is 3.24. The fraction of sp³-hybridized carbons (Fsp3) is 0.562. The zero-order valence-corrected chi connectivity index (χ0v) is 12.6. The van der Waals surface area contributed by atoms with Gasteiger partial charge in [0.1, 0.15) is 5.54 Å². The first-order valence-corrected chi connectivity index (χ1v) is 7.02. The lowest BCUT2D eigenvalue weighted by molar-refractivity contribution is 0.282. The Labute approximate surface area is 121 Å². The van der Waals surface area contributed by atoms with Gasteiger partial charge in [-0.1, -0.05) is 13.0 Å². The molecule has 0 aliphatic rings. The van der Waals surface area contributed by atoms with Crippen LogP contribution in [0.2, 0.25) is 0 Å². The summed E-state index contributed by atoms with van der Waals surface area (Å²) in [5.41, 5.74) is 6.25. The highest BCUT2D eigenvalue weighted by molar-refractivity contribution is 5.42. The van der Waals surface area contributed by atoms with E-state index in [4.69, 9.17) is 20.5 Å². The van der Waals surface area contributed by atoms with Crippen LogP contribution in [0.25, 0.3) is 0 Å². The van der Waals surface area contributed by atoms with Crippen LogP contribution in [0.5, 0.6) is 11.5 Å². The van der Waals surface area contributed by atoms with Crippen molar-refractivity contribution in [2.75, 3.05) is 13.7 Å². The summed E-state index contributed by atoms with van der Waals surface area (Å²) in [6.45, 7) is 4.46. The van der Waals surface area contributed by atoms with Crippen molar-refractivity contribution in [1.29, 1.82) is 5.26 Å². The van der Waals surface area contributed by atoms with E-state index in [0.29, 0.717) is 13.0 Å². The second-order valence-electron chi connectivity index (χ2n) is 5.17. The van der Waals surface area contributed by atoms with Crippen molar-refractivity contribution < 1.29 is 9.47 Å². The molecule has 0 amide bonds. The lowest BCUT2D eigenvalue weighted by Gasteiger charge is -2.15. The smallest absolute Gasteiger partial charge is 0.161 e. The number of aryl methyl sites for hydroxylation is 1. The molecule has 0 aliphatic heterocycles. The summed E-state index contributed by atoms with van der Waals surface area (Å²) in [4.78, 5) is 0. The number of rotatable bonds is 8. The summed E-state index contributed by atoms with van der Waals surface area (Å²) in [7, 11) is 1.65. The second-order valence-corrected chi connectivity index (χ2v) is 5.17. The summed E-state index contributed by atoms with van der Waals surface area (Å²) in [6.07, 6.45) is 3.39. The van der Waals surface area contributed by atoms with Gasteiger partial charge in [-0.3, -0.25) is 0 Å². The van der Waals surface area contributed by atoms with Crippen LogP contribution in [0, 0.1) is 11.3 Å². The van der Waals surface area contributed by atoms with Crippen LogP contribution in [0.3, 0.4) is 0 Å². The molecule has 0 radical (unpaired) electrons. The van der Waals surface area contributed by atoms with E-state index in [1.165, 1.54) is 5.56 Å². The zero-order chi connectivity index (χ0) is 15.0. The molecule has 1 unspecified atom stereocenters. The number of nitrogens with two attached hydrogens (primary N) is 1. The number of nitrogens with zero attached hydrogens (tertiary/aromatic N) is 1. The summed E-state index contributed by atoms with van der Waals surface area (Å²) >= 11 is 0. The average molecular weight is 276 g/mol. The quantitative estimate of drug-likeness (QED) is 0.741. The van der Waals surface area contributed by atoms with Crippen LogP contribution >= 0.6 is 0 Å². The summed E-state index contributed by atoms with van der Waals surface area (Å²) < 4.78 is 11.1. The normalized spacial score (nSPS) is 13.3. The van der Waals surface area contributed by atoms with Crippen molar-refractivity contribution in [3.8, 4) is 17.6 Å². The van der Waals surface area contributed by atoms with Crippen LogP contribution in [0.4, 0.5) is 0 Å². The van der Waals surface area contributed by atoms with Gasteiger partial charge in [0.05, 0.1) is 19.8 Å². The van der Waals surface area contributed by atoms with E-state index in [0.717, 1.165) is 30.8 Å². The number of nitriles is 1. The van der Waals surface area contributed by atoms with Gasteiger partial charge in [0, 0.05) is 0 Å². The van der Waals surface area contributed by atoms with Gasteiger partial charge < -0.3 is 15.2 Å². The fourth-order valence-corrected chi connectivity index (χ4v) is 1.88. The second kappa shape index (κ2) is 7.76. The Kier molecular flexibility index (Phi) is 6.33. The monoisotopic (exact) mass is 276 g/mol. The van der Waals surface area contributed by atoms with Crippen LogP contribution in [-0.2, 0) is 6.42 Å². The van der Waals surface area contributed by atoms with Crippen molar-refractivity contribution in [3.63, 3.8) is 0 Å². The molecule has 0 aromatic heterocycles. The van der Waals surface area contributed by atoms with E-state index >= 15 is 0 Å². The standard InChI is InChI=1S/C16H24N2O2/c1-4-13-7-8-14(15(11-13)19-3)20-10-6-5-9-16(2,18)12-17/h7-8,11H,4-6,9-10,18H2,1-3H3. The van der Waals surface area contributed by atoms with Crippen LogP contribution in [0.15, 0.2) is 18.2 Å². The highest BCUT2D eigenvalue weighted by atomic mass is 16.5. The van der Waals surface area contributed by atoms with E-state index in [1.54, 1.807) is 14.0 Å². The predicted octanol–water partition coefficient (Wildman–Crippen LogP) is 3.05. The van der Waals surface area contributed by atoms with Gasteiger partial charge in [0.2, 0.25) is 0 Å². The Morgan fingerprint density at radius 1 is 1.30 bits per heavy atom. The number of methoxy groups -OCH3 is 1. The summed E-state index contributed by atoms with van der Waals surface area (Å²) in [5.74, 6) is 1.53. The third kappa shape index (κ3) is 5.10. The van der Waals surface area contributed by atoms with Gasteiger partial charge in [-0.15, -0.1) is 0 Å². The molecular weight excluding hydrogens is 252 g/mol. The van der Waals surface area contributed by atoms with E-state index in [9.17, 15) is 0 Å². The number of hydrogen-bond donors (Lipinski definition) is 1. The molecule has 0 saturated carbocycles. The fourth-order valence-electron chi connectivity index (χ4n) is 1.88. The van der Waals surface area contributed by atoms with Gasteiger partial charge in [-0.2, -0.15) is 5.26 Å². The number of ether oxygens (including phenoxy) is 2. The largest absolute Gasteiger partial charge is 0.493 e. The highest BCUT2D eigenvalue weighted by Crippen LogP contribution is 2.28. The van der Waals surface area contributed by atoms with Gasteiger partial charge in [0.15, 0.2) is 11.5 Å². The van der Waals surface area contributed by atoms with Gasteiger partial charge in [-0.05, 0) is 50.3 Å². The van der Waals surface area contributed by atoms with Gasteiger partial charge in [-0.25, -0.2) is 0 Å². The Hall–Kier alpha value is -1.73. The van der Waals surface area contributed by atoms with Crippen LogP contribution < -0.4 is 15.2 Å². The molecule has 0 spiro atoms. The number of unbranched alkanes of at least 4 members (excludes halogenated alkanes) is 1. The molecule has 110 valence electrons. The maximum absolute atomic E-state index is 8.82. The Morgan fingerprint density at radius 3 is 2.65 bits per heavy atom. The summed E-state index contributed by atoms with van der Waals surface area (Å²) in [5, 5.41) is 8.82. The average Bonchev–Trinajstić information content (AvgIpc) is 2.46. The van der Waals surface area contributed by atoms with Crippen LogP contribution in [0.1, 0.15) is 38.7 Å². The molecule has 0 heterocycles. The van der Waals surface area contributed by atoms with Crippen molar-refractivity contribution in [2.24, 2.45) is 5.73 Å². The Balaban J connectivity index is 2.41. The molecule has 1 aromatic carbocycles. The topological polar surface area (TPSA) is 68.3 Å². The highest BCUT2D eigenvalue weighted by Gasteiger charge is 2.16. The maximum atomic E-state index is 8.82. The minimum Gasteiger partial charge on any atom is -0.493 e. The van der Waals surface area contributed by atoms with Crippen molar-refractivity contribution >= 4 is 0 Å². The minimum atomic E-state index is -0.736. The molecule has 20 heavy (non-hydrogen) atoms. The molecule has 4 heteroatoms. The van der Waals surface area contributed by atoms with Gasteiger partial charge >= 0.3 is 0 Å². The molecular formula is C16H24N2O2. The molecule has 4 nitrogen and oxygen atoms in total. The molecule has 0 aliphatic carbocycles. The number of benzene rings is 1. The lowest BCUT2D eigenvalue weighted by atomic mass is 9.98. The SMILES string of the molecule is CCc1ccc(OCCCCC(C)(N)C#N)c(OC)c1. The Morgan fingerprint density at radius 2 is 2.05 bits per heavy atom. The van der Waals surface area contributed by atoms with E-state index in [-0.39, 0.29) is 0 Å². The van der Waals surface area contributed by atoms with Crippen molar-refractivity contribution in [1.82, 2.24) is 0 Å². The molecule has 1 aromatic rings. The molecule has 1 atom stereocenters. The van der Waals surface area contributed by atoms with E-state index in [1.807, 2.05) is 18.2 Å². The number of hydrogen-bond acceptors (Lipinski definition) is 4. The predicted molar refractivity (Wildman–Crippen MR) is 79.9 cm³/mol. The first-order chi connectivity index (χ1) is 9.52. The molecule has 0 saturated heterocycles. The molecule has 0 bridgehead atoms. The molecule has 2 N–H and O–H groups in total.